The van der Waals surface area contributed by atoms with Crippen molar-refractivity contribution >= 4 is 11.9 Å². The van der Waals surface area contributed by atoms with Gasteiger partial charge in [0, 0.05) is 38.0 Å². The Morgan fingerprint density at radius 3 is 2.41 bits per heavy atom. The van der Waals surface area contributed by atoms with E-state index in [1.807, 2.05) is 37.5 Å². The number of amides is 3. The fourth-order valence-electron chi connectivity index (χ4n) is 3.88. The number of rotatable bonds is 2. The molecule has 2 aliphatic rings. The number of carbonyl (C=O) groups excluding carboxylic acids is 2. The minimum absolute atomic E-state index is 0.0481. The molecule has 2 heterocycles. The summed E-state index contributed by atoms with van der Waals surface area (Å²) in [6, 6.07) is 5.92. The highest BCUT2D eigenvalue weighted by Crippen LogP contribution is 2.33. The first kappa shape index (κ1) is 19.6. The lowest BCUT2D eigenvalue weighted by molar-refractivity contribution is -0.133. The van der Waals surface area contributed by atoms with Gasteiger partial charge in [0.15, 0.2) is 0 Å². The number of hydrogen-bond donors (Lipinski definition) is 2. The summed E-state index contributed by atoms with van der Waals surface area (Å²) in [5, 5.41) is 6.44. The second-order valence-electron chi connectivity index (χ2n) is 8.62. The molecule has 3 amide bonds. The number of nitrogens with zero attached hydrogens (tertiary/aromatic N) is 2. The van der Waals surface area contributed by atoms with Gasteiger partial charge in [-0.25, -0.2) is 9.18 Å². The molecule has 0 bridgehead atoms. The number of nitrogens with one attached hydrogen (secondary N) is 2. The van der Waals surface area contributed by atoms with Gasteiger partial charge in [-0.05, 0) is 45.4 Å². The van der Waals surface area contributed by atoms with E-state index in [0.29, 0.717) is 32.5 Å². The minimum atomic E-state index is -0.455. The quantitative estimate of drug-likeness (QED) is 0.833. The number of carbonyl (C=O) groups is 2. The molecule has 148 valence electrons. The molecule has 0 aromatic heterocycles. The zero-order chi connectivity index (χ0) is 19.8. The summed E-state index contributed by atoms with van der Waals surface area (Å²) < 4.78 is 13.2. The fraction of sp³-hybridized carbons (Fsp3) is 0.600. The second-order valence-corrected chi connectivity index (χ2v) is 8.62. The van der Waals surface area contributed by atoms with Gasteiger partial charge in [-0.15, -0.1) is 0 Å². The Hall–Kier alpha value is -2.15. The Kier molecular flexibility index (Phi) is 5.16. The lowest BCUT2D eigenvalue weighted by Crippen LogP contribution is -2.61. The summed E-state index contributed by atoms with van der Waals surface area (Å²) in [4.78, 5) is 28.9. The predicted octanol–water partition coefficient (Wildman–Crippen LogP) is 2.45. The molecular weight excluding hydrogens is 347 g/mol. The first-order valence-electron chi connectivity index (χ1n) is 9.50. The number of piperidine rings is 1. The maximum atomic E-state index is 13.2. The predicted molar refractivity (Wildman–Crippen MR) is 101 cm³/mol. The molecule has 2 N–H and O–H groups in total. The molecule has 0 aliphatic carbocycles. The molecule has 2 saturated heterocycles. The lowest BCUT2D eigenvalue weighted by atomic mass is 9.95. The van der Waals surface area contributed by atoms with Crippen LogP contribution < -0.4 is 10.6 Å². The van der Waals surface area contributed by atoms with Gasteiger partial charge in [-0.2, -0.15) is 0 Å². The average Bonchev–Trinajstić information content (AvgIpc) is 2.80. The van der Waals surface area contributed by atoms with Gasteiger partial charge in [-0.3, -0.25) is 10.1 Å². The van der Waals surface area contributed by atoms with Crippen molar-refractivity contribution in [2.24, 2.45) is 0 Å². The molecular formula is C20H29FN4O2. The third kappa shape index (κ3) is 4.24. The van der Waals surface area contributed by atoms with Crippen LogP contribution in [0.4, 0.5) is 9.18 Å². The number of urea groups is 1. The van der Waals surface area contributed by atoms with Crippen molar-refractivity contribution in [2.45, 2.75) is 64.3 Å². The van der Waals surface area contributed by atoms with Crippen molar-refractivity contribution < 1.29 is 14.0 Å². The average molecular weight is 376 g/mol. The summed E-state index contributed by atoms with van der Waals surface area (Å²) >= 11 is 0. The molecule has 1 unspecified atom stereocenters. The molecule has 7 heteroatoms. The van der Waals surface area contributed by atoms with E-state index in [0.717, 1.165) is 5.56 Å². The molecule has 1 atom stereocenters. The van der Waals surface area contributed by atoms with Gasteiger partial charge in [0.25, 0.3) is 0 Å². The van der Waals surface area contributed by atoms with Gasteiger partial charge in [-0.1, -0.05) is 12.1 Å². The van der Waals surface area contributed by atoms with Crippen LogP contribution in [0.15, 0.2) is 24.3 Å². The number of halogens is 1. The first-order chi connectivity index (χ1) is 12.6. The highest BCUT2D eigenvalue weighted by molar-refractivity contribution is 5.85. The summed E-state index contributed by atoms with van der Waals surface area (Å²) in [5.74, 6) is -0.238. The van der Waals surface area contributed by atoms with Gasteiger partial charge in [0.05, 0.1) is 11.7 Å². The number of benzene rings is 1. The molecule has 2 fully saturated rings. The highest BCUT2D eigenvalue weighted by atomic mass is 19.1. The van der Waals surface area contributed by atoms with Crippen LogP contribution >= 0.6 is 0 Å². The van der Waals surface area contributed by atoms with Gasteiger partial charge in [0.1, 0.15) is 5.82 Å². The summed E-state index contributed by atoms with van der Waals surface area (Å²) in [6.07, 6.45) is 1.34. The first-order valence-corrected chi connectivity index (χ1v) is 9.50. The van der Waals surface area contributed by atoms with Crippen molar-refractivity contribution in [3.8, 4) is 0 Å². The van der Waals surface area contributed by atoms with Crippen LogP contribution in [0.25, 0.3) is 0 Å². The van der Waals surface area contributed by atoms with E-state index in [4.69, 9.17) is 0 Å². The summed E-state index contributed by atoms with van der Waals surface area (Å²) in [5.41, 5.74) is 0.160. The van der Waals surface area contributed by atoms with Crippen LogP contribution in [0.5, 0.6) is 0 Å². The van der Waals surface area contributed by atoms with E-state index in [9.17, 15) is 14.0 Å². The smallest absolute Gasteiger partial charge is 0.317 e. The number of hydrogen-bond acceptors (Lipinski definition) is 3. The highest BCUT2D eigenvalue weighted by Gasteiger charge is 2.50. The molecule has 0 saturated carbocycles. The molecule has 27 heavy (non-hydrogen) atoms. The fourth-order valence-corrected chi connectivity index (χ4v) is 3.88. The van der Waals surface area contributed by atoms with E-state index >= 15 is 0 Å². The Balaban J connectivity index is 1.71. The molecule has 1 aromatic rings. The standard InChI is InChI=1S/C20H29FN4O2/c1-14-17(26)25(13-15-5-7-16(21)8-6-15)20(22-14)9-11-24(12-10-20)18(27)23-19(2,3)4/h5-8,14,22H,9-13H2,1-4H3,(H,23,27). The van der Waals surface area contributed by atoms with E-state index < -0.39 is 5.66 Å². The molecule has 0 radical (unpaired) electrons. The molecule has 1 spiro atoms. The SMILES string of the molecule is CC1NC2(CCN(C(=O)NC(C)(C)C)CC2)N(Cc2ccc(F)cc2)C1=O. The van der Waals surface area contributed by atoms with Crippen LogP contribution in [-0.2, 0) is 11.3 Å². The maximum absolute atomic E-state index is 13.2. The molecule has 2 aliphatic heterocycles. The summed E-state index contributed by atoms with van der Waals surface area (Å²) in [7, 11) is 0. The Labute approximate surface area is 160 Å². The zero-order valence-corrected chi connectivity index (χ0v) is 16.5. The van der Waals surface area contributed by atoms with Gasteiger partial charge in [0.2, 0.25) is 5.91 Å². The van der Waals surface area contributed by atoms with Crippen LogP contribution in [0.1, 0.15) is 46.1 Å². The van der Waals surface area contributed by atoms with Crippen molar-refractivity contribution in [3.05, 3.63) is 35.6 Å². The van der Waals surface area contributed by atoms with Crippen LogP contribution in [-0.4, -0.2) is 52.1 Å². The van der Waals surface area contributed by atoms with Gasteiger partial charge >= 0.3 is 6.03 Å². The Morgan fingerprint density at radius 1 is 1.26 bits per heavy atom. The van der Waals surface area contributed by atoms with Crippen LogP contribution in [0, 0.1) is 5.82 Å². The lowest BCUT2D eigenvalue weighted by Gasteiger charge is -2.45. The Bertz CT molecular complexity index is 706. The monoisotopic (exact) mass is 376 g/mol. The maximum Gasteiger partial charge on any atom is 0.317 e. The van der Waals surface area contributed by atoms with Gasteiger partial charge < -0.3 is 15.1 Å². The summed E-state index contributed by atoms with van der Waals surface area (Å²) in [6.45, 7) is 9.33. The van der Waals surface area contributed by atoms with Crippen molar-refractivity contribution in [3.63, 3.8) is 0 Å². The van der Waals surface area contributed by atoms with Crippen LogP contribution in [0.3, 0.4) is 0 Å². The van der Waals surface area contributed by atoms with E-state index in [1.54, 1.807) is 12.1 Å². The number of likely N-dealkylation sites (tertiary alicyclic amines) is 1. The third-order valence-electron chi connectivity index (χ3n) is 5.25. The van der Waals surface area contributed by atoms with Crippen molar-refractivity contribution in [1.82, 2.24) is 20.4 Å². The largest absolute Gasteiger partial charge is 0.333 e. The molecule has 1 aromatic carbocycles. The van der Waals surface area contributed by atoms with E-state index in [1.165, 1.54) is 12.1 Å². The Morgan fingerprint density at radius 2 is 1.85 bits per heavy atom. The molecule has 3 rings (SSSR count). The second kappa shape index (κ2) is 7.11. The normalized spacial score (nSPS) is 22.4. The zero-order valence-electron chi connectivity index (χ0n) is 16.5. The van der Waals surface area contributed by atoms with Crippen molar-refractivity contribution in [1.29, 1.82) is 0 Å². The molecule has 6 nitrogen and oxygen atoms in total. The minimum Gasteiger partial charge on any atom is -0.333 e. The van der Waals surface area contributed by atoms with Crippen molar-refractivity contribution in [2.75, 3.05) is 13.1 Å². The third-order valence-corrected chi connectivity index (χ3v) is 5.25. The van der Waals surface area contributed by atoms with E-state index in [-0.39, 0.29) is 29.3 Å². The topological polar surface area (TPSA) is 64.7 Å². The van der Waals surface area contributed by atoms with Crippen LogP contribution in [0.2, 0.25) is 0 Å². The van der Waals surface area contributed by atoms with E-state index in [2.05, 4.69) is 10.6 Å².